The number of rotatable bonds is 10. The number of phenols is 1. The van der Waals surface area contributed by atoms with Crippen molar-refractivity contribution in [3.63, 3.8) is 0 Å². The van der Waals surface area contributed by atoms with Crippen LogP contribution < -0.4 is 22.0 Å². The van der Waals surface area contributed by atoms with Gasteiger partial charge in [0.05, 0.1) is 12.6 Å². The maximum atomic E-state index is 12.9. The number of fused-ring (bicyclic) bond motifs is 1. The van der Waals surface area contributed by atoms with Gasteiger partial charge in [0.2, 0.25) is 11.7 Å². The van der Waals surface area contributed by atoms with Crippen molar-refractivity contribution in [1.29, 1.82) is 0 Å². The maximum Gasteiger partial charge on any atom is 0.349 e. The van der Waals surface area contributed by atoms with Gasteiger partial charge in [0, 0.05) is 30.6 Å². The molecule has 0 radical (unpaired) electrons. The fraction of sp³-hybridized carbons (Fsp3) is 0.333. The number of phenolic OH excluding ortho intramolecular Hbond substituents is 1. The van der Waals surface area contributed by atoms with E-state index < -0.39 is 23.5 Å². The average Bonchev–Trinajstić information content (AvgIpc) is 2.82. The van der Waals surface area contributed by atoms with Gasteiger partial charge in [-0.3, -0.25) is 14.4 Å². The van der Waals surface area contributed by atoms with Crippen molar-refractivity contribution in [3.05, 3.63) is 64.0 Å². The van der Waals surface area contributed by atoms with Crippen LogP contribution in [-0.2, 0) is 11.3 Å². The van der Waals surface area contributed by atoms with Crippen LogP contribution in [0.4, 0.5) is 0 Å². The molecule has 0 saturated carbocycles. The molecule has 11 heteroatoms. The van der Waals surface area contributed by atoms with Gasteiger partial charge in [0.15, 0.2) is 0 Å². The van der Waals surface area contributed by atoms with Gasteiger partial charge in [-0.05, 0) is 36.6 Å². The smallest absolute Gasteiger partial charge is 0.349 e. The lowest BCUT2D eigenvalue weighted by Gasteiger charge is -2.19. The Balaban J connectivity index is 1.61. The third-order valence-corrected chi connectivity index (χ3v) is 5.10. The van der Waals surface area contributed by atoms with Crippen LogP contribution in [0.1, 0.15) is 53.4 Å². The molecule has 35 heavy (non-hydrogen) atoms. The molecule has 0 aliphatic heterocycles. The number of benzene rings is 1. The van der Waals surface area contributed by atoms with Crippen molar-refractivity contribution in [2.45, 2.75) is 39.3 Å². The summed E-state index contributed by atoms with van der Waals surface area (Å²) < 4.78 is 5.09. The Morgan fingerprint density at radius 3 is 2.66 bits per heavy atom. The van der Waals surface area contributed by atoms with Crippen molar-refractivity contribution in [3.8, 4) is 5.75 Å². The zero-order valence-electron chi connectivity index (χ0n) is 19.4. The minimum atomic E-state index is -0.866. The van der Waals surface area contributed by atoms with Gasteiger partial charge in [-0.25, -0.2) is 14.8 Å². The highest BCUT2D eigenvalue weighted by molar-refractivity contribution is 6.00. The Hall–Kier alpha value is -4.12. The molecule has 0 bridgehead atoms. The minimum absolute atomic E-state index is 0.0643. The number of nitrogens with two attached hydrogens (primary N) is 1. The predicted molar refractivity (Wildman–Crippen MR) is 127 cm³/mol. The van der Waals surface area contributed by atoms with Crippen molar-refractivity contribution in [1.82, 2.24) is 20.6 Å². The van der Waals surface area contributed by atoms with E-state index in [1.165, 1.54) is 36.5 Å². The number of Topliss-reactive ketones (excluding diaryl/α,β-unsaturated/α-hetero) is 1. The highest BCUT2D eigenvalue weighted by Crippen LogP contribution is 2.19. The van der Waals surface area contributed by atoms with Crippen LogP contribution in [0.3, 0.4) is 0 Å². The van der Waals surface area contributed by atoms with Gasteiger partial charge >= 0.3 is 5.63 Å². The van der Waals surface area contributed by atoms with Gasteiger partial charge < -0.3 is 25.9 Å². The SMILES string of the molecule is CC(C)C[C@H](NC(=O)CCNC(=O)c1cc2ccc(O)cc2oc1=O)C(=O)c1ccnc(CN)n1. The van der Waals surface area contributed by atoms with Crippen LogP contribution in [0.25, 0.3) is 11.0 Å². The van der Waals surface area contributed by atoms with E-state index >= 15 is 0 Å². The number of carbonyl (C=O) groups is 3. The summed E-state index contributed by atoms with van der Waals surface area (Å²) in [4.78, 5) is 58.2. The molecule has 184 valence electrons. The highest BCUT2D eigenvalue weighted by Gasteiger charge is 2.24. The van der Waals surface area contributed by atoms with E-state index in [1.54, 1.807) is 0 Å². The zero-order chi connectivity index (χ0) is 25.5. The van der Waals surface area contributed by atoms with E-state index in [0.717, 1.165) is 0 Å². The van der Waals surface area contributed by atoms with Crippen molar-refractivity contribution in [2.24, 2.45) is 11.7 Å². The van der Waals surface area contributed by atoms with Gasteiger partial charge in [0.25, 0.3) is 5.91 Å². The minimum Gasteiger partial charge on any atom is -0.508 e. The Morgan fingerprint density at radius 2 is 1.94 bits per heavy atom. The molecule has 0 fully saturated rings. The number of hydrogen-bond acceptors (Lipinski definition) is 9. The number of hydrogen-bond donors (Lipinski definition) is 4. The second-order valence-corrected chi connectivity index (χ2v) is 8.35. The number of aromatic hydroxyl groups is 1. The number of aromatic nitrogens is 2. The molecule has 11 nitrogen and oxygen atoms in total. The second-order valence-electron chi connectivity index (χ2n) is 8.35. The Morgan fingerprint density at radius 1 is 1.17 bits per heavy atom. The van der Waals surface area contributed by atoms with E-state index in [0.29, 0.717) is 17.6 Å². The summed E-state index contributed by atoms with van der Waals surface area (Å²) in [5, 5.41) is 15.2. The molecule has 2 aromatic heterocycles. The highest BCUT2D eigenvalue weighted by atomic mass is 16.4. The van der Waals surface area contributed by atoms with Crippen LogP contribution in [-0.4, -0.2) is 45.3 Å². The third-order valence-electron chi connectivity index (χ3n) is 5.10. The first-order chi connectivity index (χ1) is 16.7. The van der Waals surface area contributed by atoms with Crippen molar-refractivity contribution >= 4 is 28.6 Å². The van der Waals surface area contributed by atoms with E-state index in [-0.39, 0.29) is 53.8 Å². The first-order valence-electron chi connectivity index (χ1n) is 11.1. The molecule has 1 aromatic carbocycles. The Kier molecular flexibility index (Phi) is 8.26. The quantitative estimate of drug-likeness (QED) is 0.245. The van der Waals surface area contributed by atoms with Gasteiger partial charge in [0.1, 0.15) is 28.4 Å². The lowest BCUT2D eigenvalue weighted by molar-refractivity contribution is -0.121. The molecule has 0 aliphatic carbocycles. The summed E-state index contributed by atoms with van der Waals surface area (Å²) >= 11 is 0. The van der Waals surface area contributed by atoms with Crippen LogP contribution in [0, 0.1) is 5.92 Å². The summed E-state index contributed by atoms with van der Waals surface area (Å²) in [6.07, 6.45) is 1.73. The first-order valence-corrected chi connectivity index (χ1v) is 11.1. The van der Waals surface area contributed by atoms with Crippen molar-refractivity contribution in [2.75, 3.05) is 6.54 Å². The van der Waals surface area contributed by atoms with Gasteiger partial charge in [-0.1, -0.05) is 13.8 Å². The van der Waals surface area contributed by atoms with Crippen molar-refractivity contribution < 1.29 is 23.9 Å². The second kappa shape index (κ2) is 11.3. The Bertz CT molecular complexity index is 1300. The fourth-order valence-corrected chi connectivity index (χ4v) is 3.43. The number of nitrogens with one attached hydrogen (secondary N) is 2. The molecule has 0 spiro atoms. The maximum absolute atomic E-state index is 12.9. The number of carbonyl (C=O) groups excluding carboxylic acids is 3. The van der Waals surface area contributed by atoms with E-state index in [2.05, 4.69) is 20.6 Å². The summed E-state index contributed by atoms with van der Waals surface area (Å²) in [7, 11) is 0. The van der Waals surface area contributed by atoms with Crippen LogP contribution in [0.15, 0.2) is 45.7 Å². The first kappa shape index (κ1) is 25.5. The van der Waals surface area contributed by atoms with E-state index in [9.17, 15) is 24.3 Å². The molecule has 3 rings (SSSR count). The summed E-state index contributed by atoms with van der Waals surface area (Å²) in [5.74, 6) is -1.13. The summed E-state index contributed by atoms with van der Waals surface area (Å²) in [5.41, 5.74) is 4.76. The lowest BCUT2D eigenvalue weighted by Crippen LogP contribution is -2.43. The number of nitrogens with zero attached hydrogens (tertiary/aromatic N) is 2. The zero-order valence-corrected chi connectivity index (χ0v) is 19.4. The van der Waals surface area contributed by atoms with Crippen LogP contribution in [0.5, 0.6) is 5.75 Å². The normalized spacial score (nSPS) is 11.9. The fourth-order valence-electron chi connectivity index (χ4n) is 3.43. The number of ketones is 1. The monoisotopic (exact) mass is 481 g/mol. The molecule has 2 heterocycles. The summed E-state index contributed by atoms with van der Waals surface area (Å²) in [6.45, 7) is 3.87. The van der Waals surface area contributed by atoms with E-state index in [4.69, 9.17) is 10.2 Å². The molecule has 1 atom stereocenters. The molecule has 2 amide bonds. The molecule has 0 unspecified atom stereocenters. The third kappa shape index (κ3) is 6.70. The van der Waals surface area contributed by atoms with Gasteiger partial charge in [-0.15, -0.1) is 0 Å². The standard InChI is InChI=1S/C24H27N5O6/c1-13(2)9-18(22(32)17-5-7-26-20(12-25)28-17)29-21(31)6-8-27-23(33)16-10-14-3-4-15(30)11-19(14)35-24(16)34/h3-5,7,10-11,13,18,30H,6,8-9,12,25H2,1-2H3,(H,27,33)(H,29,31)/t18-/m0/s1. The van der Waals surface area contributed by atoms with Crippen LogP contribution in [0.2, 0.25) is 0 Å². The molecule has 0 saturated heterocycles. The average molecular weight is 482 g/mol. The molecule has 5 N–H and O–H groups in total. The van der Waals surface area contributed by atoms with Gasteiger partial charge in [-0.2, -0.15) is 0 Å². The van der Waals surface area contributed by atoms with Crippen LogP contribution >= 0.6 is 0 Å². The molecule has 0 aliphatic rings. The number of amides is 2. The topological polar surface area (TPSA) is 178 Å². The molecular formula is C24H27N5O6. The molecule has 3 aromatic rings. The Labute approximate surface area is 200 Å². The largest absolute Gasteiger partial charge is 0.508 e. The van der Waals surface area contributed by atoms with E-state index in [1.807, 2.05) is 13.8 Å². The molecular weight excluding hydrogens is 454 g/mol. The predicted octanol–water partition coefficient (Wildman–Crippen LogP) is 1.28. The lowest BCUT2D eigenvalue weighted by atomic mass is 9.98. The summed E-state index contributed by atoms with van der Waals surface area (Å²) in [6, 6.07) is 6.21.